The molecule has 0 bridgehead atoms. The van der Waals surface area contributed by atoms with Crippen LogP contribution in [0.2, 0.25) is 0 Å². The summed E-state index contributed by atoms with van der Waals surface area (Å²) in [6, 6.07) is 3.03. The van der Waals surface area contributed by atoms with Gasteiger partial charge in [0.2, 0.25) is 5.43 Å². The molecule has 1 aromatic heterocycles. The average Bonchev–Trinajstić information content (AvgIpc) is 2.66. The van der Waals surface area contributed by atoms with E-state index in [0.717, 1.165) is 18.4 Å². The molecule has 1 atom stereocenters. The third kappa shape index (κ3) is 4.82. The van der Waals surface area contributed by atoms with Gasteiger partial charge in [-0.15, -0.1) is 0 Å². The summed E-state index contributed by atoms with van der Waals surface area (Å²) in [5.41, 5.74) is -0.124. The fraction of sp³-hybridized carbons (Fsp3) is 0.350. The predicted molar refractivity (Wildman–Crippen MR) is 99.4 cm³/mol. The minimum atomic E-state index is -0.790. The molecule has 1 N–H and O–H groups in total. The molecule has 2 rings (SSSR count). The van der Waals surface area contributed by atoms with Crippen molar-refractivity contribution in [3.8, 4) is 5.75 Å². The Bertz CT molecular complexity index is 941. The molecule has 1 heterocycles. The Morgan fingerprint density at radius 1 is 1.36 bits per heavy atom. The number of hydrogen-bond acceptors (Lipinski definition) is 4. The summed E-state index contributed by atoms with van der Waals surface area (Å²) in [5.74, 6) is -2.36. The Balaban J connectivity index is 2.28. The summed E-state index contributed by atoms with van der Waals surface area (Å²) >= 11 is 0. The first-order valence-electron chi connectivity index (χ1n) is 8.74. The predicted octanol–water partition coefficient (Wildman–Crippen LogP) is 2.60. The van der Waals surface area contributed by atoms with Crippen LogP contribution in [0.1, 0.15) is 35.0 Å². The second-order valence-electron chi connectivity index (χ2n) is 6.50. The molecular formula is C20H22F2N2O4. The third-order valence-electron chi connectivity index (χ3n) is 4.46. The number of amides is 1. The van der Waals surface area contributed by atoms with Crippen LogP contribution < -0.4 is 15.5 Å². The molecule has 0 radical (unpaired) electrons. The van der Waals surface area contributed by atoms with Gasteiger partial charge in [-0.3, -0.25) is 9.59 Å². The summed E-state index contributed by atoms with van der Waals surface area (Å²) < 4.78 is 33.5. The molecule has 0 fully saturated rings. The Kier molecular flexibility index (Phi) is 7.03. The lowest BCUT2D eigenvalue weighted by molar-refractivity contribution is -0.110. The maximum atomic E-state index is 13.7. The quantitative estimate of drug-likeness (QED) is 0.701. The molecule has 0 aliphatic heterocycles. The maximum absolute atomic E-state index is 13.7. The fourth-order valence-electron chi connectivity index (χ4n) is 2.71. The molecule has 1 aromatic carbocycles. The van der Waals surface area contributed by atoms with Gasteiger partial charge in [-0.1, -0.05) is 13.0 Å². The second-order valence-corrected chi connectivity index (χ2v) is 6.50. The standard InChI is InChI=1S/C20H22F2N2O4/c1-12(11-25)6-7-24-10-16(18(26)19(28-3)13(24)2)20(27)23-9-14-4-5-15(21)8-17(14)22/h4-5,8,10-12H,6-7,9H2,1-3H3,(H,23,27). The van der Waals surface area contributed by atoms with Crippen LogP contribution in [0.25, 0.3) is 0 Å². The number of pyridine rings is 1. The van der Waals surface area contributed by atoms with Crippen LogP contribution in [0.4, 0.5) is 8.78 Å². The van der Waals surface area contributed by atoms with E-state index in [-0.39, 0.29) is 29.3 Å². The minimum Gasteiger partial charge on any atom is -0.491 e. The number of aromatic nitrogens is 1. The number of nitrogens with one attached hydrogen (secondary N) is 1. The lowest BCUT2D eigenvalue weighted by atomic mass is 10.1. The highest BCUT2D eigenvalue weighted by Gasteiger charge is 2.19. The van der Waals surface area contributed by atoms with E-state index in [9.17, 15) is 23.2 Å². The molecule has 1 unspecified atom stereocenters. The number of hydrogen-bond donors (Lipinski definition) is 1. The van der Waals surface area contributed by atoms with Crippen molar-refractivity contribution in [3.05, 3.63) is 63.1 Å². The Morgan fingerprint density at radius 3 is 2.68 bits per heavy atom. The van der Waals surface area contributed by atoms with Gasteiger partial charge >= 0.3 is 0 Å². The van der Waals surface area contributed by atoms with E-state index >= 15 is 0 Å². The van der Waals surface area contributed by atoms with Crippen molar-refractivity contribution >= 4 is 12.2 Å². The number of carbonyl (C=O) groups is 2. The van der Waals surface area contributed by atoms with Gasteiger partial charge in [0, 0.05) is 36.8 Å². The Morgan fingerprint density at radius 2 is 2.07 bits per heavy atom. The van der Waals surface area contributed by atoms with Crippen molar-refractivity contribution in [3.63, 3.8) is 0 Å². The van der Waals surface area contributed by atoms with Crippen LogP contribution in [-0.4, -0.2) is 23.9 Å². The van der Waals surface area contributed by atoms with E-state index in [1.165, 1.54) is 19.4 Å². The maximum Gasteiger partial charge on any atom is 0.257 e. The molecule has 0 saturated heterocycles. The second kappa shape index (κ2) is 9.25. The summed E-state index contributed by atoms with van der Waals surface area (Å²) in [4.78, 5) is 35.9. The number of benzene rings is 1. The largest absolute Gasteiger partial charge is 0.491 e. The number of carbonyl (C=O) groups excluding carboxylic acids is 2. The highest BCUT2D eigenvalue weighted by Crippen LogP contribution is 2.16. The van der Waals surface area contributed by atoms with Crippen LogP contribution in [0.5, 0.6) is 5.75 Å². The lowest BCUT2D eigenvalue weighted by Gasteiger charge is -2.16. The van der Waals surface area contributed by atoms with Crippen molar-refractivity contribution in [2.24, 2.45) is 5.92 Å². The molecule has 0 aliphatic rings. The van der Waals surface area contributed by atoms with E-state index in [2.05, 4.69) is 5.32 Å². The summed E-state index contributed by atoms with van der Waals surface area (Å²) in [6.45, 7) is 3.66. The molecule has 6 nitrogen and oxygen atoms in total. The SMILES string of the molecule is COc1c(C)n(CCC(C)C=O)cc(C(=O)NCc2ccc(F)cc2F)c1=O. The Hall–Kier alpha value is -3.03. The number of methoxy groups -OCH3 is 1. The topological polar surface area (TPSA) is 77.4 Å². The van der Waals surface area contributed by atoms with E-state index in [1.807, 2.05) is 0 Å². The Labute approximate surface area is 161 Å². The van der Waals surface area contributed by atoms with Crippen molar-refractivity contribution in [1.82, 2.24) is 9.88 Å². The minimum absolute atomic E-state index is 0.0272. The van der Waals surface area contributed by atoms with Crippen LogP contribution in [0.3, 0.4) is 0 Å². The van der Waals surface area contributed by atoms with Gasteiger partial charge in [0.1, 0.15) is 23.5 Å². The van der Waals surface area contributed by atoms with E-state index in [4.69, 9.17) is 4.74 Å². The van der Waals surface area contributed by atoms with Crippen LogP contribution >= 0.6 is 0 Å². The molecule has 1 amide bonds. The van der Waals surface area contributed by atoms with E-state index < -0.39 is 23.0 Å². The van der Waals surface area contributed by atoms with E-state index in [0.29, 0.717) is 18.7 Å². The number of aldehydes is 1. The van der Waals surface area contributed by atoms with Crippen molar-refractivity contribution in [2.45, 2.75) is 33.4 Å². The first-order chi connectivity index (χ1) is 13.3. The van der Waals surface area contributed by atoms with Gasteiger partial charge in [0.15, 0.2) is 5.75 Å². The number of ether oxygens (including phenoxy) is 1. The van der Waals surface area contributed by atoms with Gasteiger partial charge in [-0.05, 0) is 19.4 Å². The van der Waals surface area contributed by atoms with Crippen LogP contribution in [-0.2, 0) is 17.9 Å². The average molecular weight is 392 g/mol. The number of aryl methyl sites for hydroxylation is 1. The molecule has 28 heavy (non-hydrogen) atoms. The summed E-state index contributed by atoms with van der Waals surface area (Å²) in [6.07, 6.45) is 2.76. The monoisotopic (exact) mass is 392 g/mol. The zero-order valence-corrected chi connectivity index (χ0v) is 15.9. The van der Waals surface area contributed by atoms with Crippen molar-refractivity contribution in [1.29, 1.82) is 0 Å². The van der Waals surface area contributed by atoms with Gasteiger partial charge in [0.25, 0.3) is 5.91 Å². The number of nitrogens with zero attached hydrogens (tertiary/aromatic N) is 1. The molecule has 0 saturated carbocycles. The molecule has 0 aliphatic carbocycles. The van der Waals surface area contributed by atoms with E-state index in [1.54, 1.807) is 18.4 Å². The van der Waals surface area contributed by atoms with Crippen molar-refractivity contribution in [2.75, 3.05) is 7.11 Å². The van der Waals surface area contributed by atoms with Crippen LogP contribution in [0, 0.1) is 24.5 Å². The molecular weight excluding hydrogens is 370 g/mol. The summed E-state index contributed by atoms with van der Waals surface area (Å²) in [5, 5.41) is 2.46. The lowest BCUT2D eigenvalue weighted by Crippen LogP contribution is -2.31. The molecule has 2 aromatic rings. The van der Waals surface area contributed by atoms with Crippen molar-refractivity contribution < 1.29 is 23.1 Å². The molecule has 0 spiro atoms. The first kappa shape index (κ1) is 21.3. The van der Waals surface area contributed by atoms with Gasteiger partial charge < -0.3 is 19.4 Å². The van der Waals surface area contributed by atoms with Gasteiger partial charge in [-0.2, -0.15) is 0 Å². The summed E-state index contributed by atoms with van der Waals surface area (Å²) in [7, 11) is 1.33. The first-order valence-corrected chi connectivity index (χ1v) is 8.74. The third-order valence-corrected chi connectivity index (χ3v) is 4.46. The molecule has 8 heteroatoms. The number of rotatable bonds is 8. The van der Waals surface area contributed by atoms with Gasteiger partial charge in [0.05, 0.1) is 12.8 Å². The molecule has 150 valence electrons. The zero-order valence-electron chi connectivity index (χ0n) is 15.9. The fourth-order valence-corrected chi connectivity index (χ4v) is 2.71. The smallest absolute Gasteiger partial charge is 0.257 e. The normalized spacial score (nSPS) is 11.8. The zero-order chi connectivity index (χ0) is 20.8. The van der Waals surface area contributed by atoms with Gasteiger partial charge in [-0.25, -0.2) is 8.78 Å². The van der Waals surface area contributed by atoms with Crippen LogP contribution in [0.15, 0.2) is 29.2 Å². The highest BCUT2D eigenvalue weighted by atomic mass is 19.1. The highest BCUT2D eigenvalue weighted by molar-refractivity contribution is 5.94. The number of halogens is 2.